The van der Waals surface area contributed by atoms with Gasteiger partial charge in [-0.1, -0.05) is 53.0 Å². The van der Waals surface area contributed by atoms with Gasteiger partial charge in [0.15, 0.2) is 5.11 Å². The maximum atomic E-state index is 12.3. The van der Waals surface area contributed by atoms with Crippen molar-refractivity contribution in [3.63, 3.8) is 0 Å². The Bertz CT molecular complexity index is 974. The molecule has 3 aromatic rings. The highest BCUT2D eigenvalue weighted by Gasteiger charge is 2.17. The van der Waals surface area contributed by atoms with Gasteiger partial charge in [-0.2, -0.15) is 0 Å². The fourth-order valence-electron chi connectivity index (χ4n) is 2.07. The lowest BCUT2D eigenvalue weighted by atomic mass is 10.2. The molecule has 3 N–H and O–H groups in total. The number of anilines is 1. The van der Waals surface area contributed by atoms with Gasteiger partial charge in [0, 0.05) is 15.1 Å². The Morgan fingerprint density at radius 2 is 1.80 bits per heavy atom. The molecule has 2 aromatic carbocycles. The second-order valence-corrected chi connectivity index (χ2v) is 7.58. The van der Waals surface area contributed by atoms with Gasteiger partial charge in [0.25, 0.3) is 5.91 Å². The molecule has 1 heterocycles. The second kappa shape index (κ2) is 7.76. The van der Waals surface area contributed by atoms with Crippen LogP contribution in [0.3, 0.4) is 0 Å². The van der Waals surface area contributed by atoms with Gasteiger partial charge in [0.1, 0.15) is 4.88 Å². The summed E-state index contributed by atoms with van der Waals surface area (Å²) in [4.78, 5) is 12.7. The molecule has 0 atom stereocenters. The van der Waals surface area contributed by atoms with Crippen molar-refractivity contribution in [3.8, 4) is 0 Å². The van der Waals surface area contributed by atoms with Gasteiger partial charge in [0.2, 0.25) is 0 Å². The van der Waals surface area contributed by atoms with Gasteiger partial charge < -0.3 is 5.32 Å². The number of thiophene rings is 1. The lowest BCUT2D eigenvalue weighted by molar-refractivity contribution is 0.0948. The van der Waals surface area contributed by atoms with Gasteiger partial charge >= 0.3 is 0 Å². The fraction of sp³-hybridized carbons (Fsp3) is 0. The van der Waals surface area contributed by atoms with Crippen LogP contribution in [0.15, 0.2) is 42.5 Å². The third kappa shape index (κ3) is 4.16. The number of carbonyl (C=O) groups is 1. The first kappa shape index (κ1) is 18.2. The van der Waals surface area contributed by atoms with Crippen molar-refractivity contribution in [2.75, 3.05) is 5.32 Å². The molecule has 1 amide bonds. The summed E-state index contributed by atoms with van der Waals surface area (Å²) in [6.07, 6.45) is 0. The number of benzene rings is 2. The summed E-state index contributed by atoms with van der Waals surface area (Å²) in [5.74, 6) is -0.377. The first-order chi connectivity index (χ1) is 12.0. The predicted molar refractivity (Wildman–Crippen MR) is 110 cm³/mol. The molecule has 0 aliphatic rings. The minimum Gasteiger partial charge on any atom is -0.330 e. The largest absolute Gasteiger partial charge is 0.330 e. The smallest absolute Gasteiger partial charge is 0.281 e. The Labute approximate surface area is 168 Å². The molecular weight excluding hydrogens is 421 g/mol. The van der Waals surface area contributed by atoms with E-state index in [2.05, 4.69) is 16.2 Å². The van der Waals surface area contributed by atoms with Gasteiger partial charge in [-0.3, -0.25) is 15.6 Å². The van der Waals surface area contributed by atoms with Gasteiger partial charge in [-0.05, 0) is 36.5 Å². The van der Waals surface area contributed by atoms with E-state index in [9.17, 15) is 4.79 Å². The fourth-order valence-corrected chi connectivity index (χ4v) is 4.10. The normalized spacial score (nSPS) is 10.5. The number of hydrogen-bond donors (Lipinski definition) is 3. The van der Waals surface area contributed by atoms with Crippen molar-refractivity contribution in [2.24, 2.45) is 0 Å². The summed E-state index contributed by atoms with van der Waals surface area (Å²) in [5, 5.41) is 5.23. The zero-order chi connectivity index (χ0) is 18.0. The molecule has 0 fully saturated rings. The predicted octanol–water partition coefficient (Wildman–Crippen LogP) is 5.49. The number of hydrogen-bond acceptors (Lipinski definition) is 3. The third-order valence-electron chi connectivity index (χ3n) is 3.21. The van der Waals surface area contributed by atoms with E-state index in [1.165, 1.54) is 11.3 Å². The Morgan fingerprint density at radius 1 is 1.04 bits per heavy atom. The second-order valence-electron chi connectivity index (χ2n) is 4.90. The van der Waals surface area contributed by atoms with E-state index in [-0.39, 0.29) is 11.0 Å². The van der Waals surface area contributed by atoms with E-state index in [1.807, 2.05) is 24.3 Å². The molecule has 0 spiro atoms. The number of amides is 1. The van der Waals surface area contributed by atoms with Crippen LogP contribution < -0.4 is 16.2 Å². The van der Waals surface area contributed by atoms with Crippen LogP contribution in [-0.2, 0) is 0 Å². The SMILES string of the molecule is O=C(NNC(=S)Nc1ccc(Cl)cc1Cl)c1sc2ccccc2c1Cl. The lowest BCUT2D eigenvalue weighted by Crippen LogP contribution is -2.43. The molecule has 0 aliphatic heterocycles. The van der Waals surface area contributed by atoms with Crippen molar-refractivity contribution < 1.29 is 4.79 Å². The van der Waals surface area contributed by atoms with Crippen LogP contribution in [0.1, 0.15) is 9.67 Å². The van der Waals surface area contributed by atoms with Crippen LogP contribution in [-0.4, -0.2) is 11.0 Å². The zero-order valence-electron chi connectivity index (χ0n) is 12.4. The van der Waals surface area contributed by atoms with Crippen molar-refractivity contribution in [1.29, 1.82) is 0 Å². The number of carbonyl (C=O) groups excluding carboxylic acids is 1. The third-order valence-corrected chi connectivity index (χ3v) is 5.64. The highest BCUT2D eigenvalue weighted by Crippen LogP contribution is 2.34. The first-order valence-corrected chi connectivity index (χ1v) is 9.31. The topological polar surface area (TPSA) is 53.2 Å². The summed E-state index contributed by atoms with van der Waals surface area (Å²) < 4.78 is 0.936. The Balaban J connectivity index is 1.65. The van der Waals surface area contributed by atoms with E-state index in [0.717, 1.165) is 10.1 Å². The molecule has 1 aromatic heterocycles. The number of hydrazine groups is 1. The summed E-state index contributed by atoms with van der Waals surface area (Å²) in [6, 6.07) is 12.5. The van der Waals surface area contributed by atoms with E-state index in [1.54, 1.807) is 18.2 Å². The number of fused-ring (bicyclic) bond motifs is 1. The molecule has 0 radical (unpaired) electrons. The molecule has 0 unspecified atom stereocenters. The number of nitrogens with one attached hydrogen (secondary N) is 3. The van der Waals surface area contributed by atoms with Crippen molar-refractivity contribution >= 4 is 85.2 Å². The van der Waals surface area contributed by atoms with E-state index in [4.69, 9.17) is 47.0 Å². The van der Waals surface area contributed by atoms with Crippen LogP contribution in [0.25, 0.3) is 10.1 Å². The van der Waals surface area contributed by atoms with E-state index >= 15 is 0 Å². The standard InChI is InChI=1S/C16H10Cl3N3OS2/c17-8-5-6-11(10(18)7-8)20-16(24)22-21-15(23)14-13(19)9-3-1-2-4-12(9)25-14/h1-7H,(H,21,23)(H2,20,22,24). The molecule has 9 heteroatoms. The minimum atomic E-state index is -0.377. The highest BCUT2D eigenvalue weighted by atomic mass is 35.5. The van der Waals surface area contributed by atoms with Gasteiger partial charge in [0.05, 0.1) is 15.7 Å². The molecule has 4 nitrogen and oxygen atoms in total. The molecule has 0 bridgehead atoms. The van der Waals surface area contributed by atoms with E-state index < -0.39 is 0 Å². The maximum Gasteiger partial charge on any atom is 0.281 e. The zero-order valence-corrected chi connectivity index (χ0v) is 16.3. The average Bonchev–Trinajstić information content (AvgIpc) is 2.93. The first-order valence-electron chi connectivity index (χ1n) is 6.95. The minimum absolute atomic E-state index is 0.176. The monoisotopic (exact) mass is 429 g/mol. The summed E-state index contributed by atoms with van der Waals surface area (Å²) in [5.41, 5.74) is 5.70. The van der Waals surface area contributed by atoms with Crippen LogP contribution in [0.5, 0.6) is 0 Å². The Hall–Kier alpha value is -1.57. The number of thiocarbonyl (C=S) groups is 1. The maximum absolute atomic E-state index is 12.3. The molecule has 128 valence electrons. The summed E-state index contributed by atoms with van der Waals surface area (Å²) >= 11 is 24.6. The van der Waals surface area contributed by atoms with Crippen LogP contribution >= 0.6 is 58.4 Å². The van der Waals surface area contributed by atoms with Crippen molar-refractivity contribution in [1.82, 2.24) is 10.9 Å². The molecular formula is C16H10Cl3N3OS2. The van der Waals surface area contributed by atoms with Crippen LogP contribution in [0, 0.1) is 0 Å². The molecule has 3 rings (SSSR count). The van der Waals surface area contributed by atoms with Crippen LogP contribution in [0.4, 0.5) is 5.69 Å². The van der Waals surface area contributed by atoms with Crippen molar-refractivity contribution in [3.05, 3.63) is 62.4 Å². The Kier molecular flexibility index (Phi) is 5.66. The molecule has 0 aliphatic carbocycles. The van der Waals surface area contributed by atoms with E-state index in [0.29, 0.717) is 25.6 Å². The molecule has 0 saturated heterocycles. The number of rotatable bonds is 2. The van der Waals surface area contributed by atoms with Crippen LogP contribution in [0.2, 0.25) is 15.1 Å². The molecule has 0 saturated carbocycles. The lowest BCUT2D eigenvalue weighted by Gasteiger charge is -2.12. The Morgan fingerprint density at radius 3 is 2.52 bits per heavy atom. The van der Waals surface area contributed by atoms with Gasteiger partial charge in [-0.15, -0.1) is 11.3 Å². The quantitative estimate of drug-likeness (QED) is 0.371. The summed E-state index contributed by atoms with van der Waals surface area (Å²) in [6.45, 7) is 0. The number of halogens is 3. The average molecular weight is 431 g/mol. The van der Waals surface area contributed by atoms with Crippen molar-refractivity contribution in [2.45, 2.75) is 0 Å². The van der Waals surface area contributed by atoms with Gasteiger partial charge in [-0.25, -0.2) is 0 Å². The highest BCUT2D eigenvalue weighted by molar-refractivity contribution is 7.80. The summed E-state index contributed by atoms with van der Waals surface area (Å²) in [7, 11) is 0. The molecule has 25 heavy (non-hydrogen) atoms.